The van der Waals surface area contributed by atoms with Gasteiger partial charge in [0.05, 0.1) is 0 Å². The van der Waals surface area contributed by atoms with Crippen molar-refractivity contribution in [2.75, 3.05) is 6.26 Å². The van der Waals surface area contributed by atoms with Gasteiger partial charge in [-0.2, -0.15) is 0 Å². The van der Waals surface area contributed by atoms with Crippen LogP contribution < -0.4 is 0 Å². The van der Waals surface area contributed by atoms with E-state index in [9.17, 15) is 0 Å². The van der Waals surface area contributed by atoms with E-state index in [1.165, 1.54) is 6.26 Å². The molecule has 0 aliphatic rings. The van der Waals surface area contributed by atoms with E-state index in [0.29, 0.717) is 0 Å². The van der Waals surface area contributed by atoms with E-state index in [1.54, 1.807) is 0 Å². The maximum atomic E-state index is 9.11. The van der Waals surface area contributed by atoms with E-state index in [0.717, 1.165) is 0 Å². The molecule has 38 valence electrons. The first-order chi connectivity index (χ1) is 2.73. The minimum Gasteiger partial charge on any atom is -0.306 e. The van der Waals surface area contributed by atoms with Crippen LogP contribution >= 0.6 is 0 Å². The summed E-state index contributed by atoms with van der Waals surface area (Å²) < 4.78 is 16.6. The zero-order chi connectivity index (χ0) is 5.58. The molecule has 0 heterocycles. The van der Waals surface area contributed by atoms with Crippen molar-refractivity contribution in [3.63, 3.8) is 0 Å². The lowest BCUT2D eigenvalue weighted by Crippen LogP contribution is -1.72. The molecular formula is CH6N2O2S. The Morgan fingerprint density at radius 2 is 1.67 bits per heavy atom. The van der Waals surface area contributed by atoms with Crippen molar-refractivity contribution in [3.05, 3.63) is 0 Å². The summed E-state index contributed by atoms with van der Waals surface area (Å²) in [4.78, 5) is 0. The Kier molecular flexibility index (Phi) is 13.5. The summed E-state index contributed by atoms with van der Waals surface area (Å²) in [6.45, 7) is 0. The Morgan fingerprint density at radius 1 is 1.67 bits per heavy atom. The van der Waals surface area contributed by atoms with Crippen molar-refractivity contribution >= 4 is 11.1 Å². The molecule has 0 spiro atoms. The molecule has 0 rings (SSSR count). The minimum absolute atomic E-state index is 1.19. The Balaban J connectivity index is 0. The summed E-state index contributed by atoms with van der Waals surface area (Å²) in [6, 6.07) is 0. The molecule has 0 radical (unpaired) electrons. The van der Waals surface area contributed by atoms with Gasteiger partial charge in [-0.15, -0.1) is 0 Å². The molecule has 0 aliphatic carbocycles. The largest absolute Gasteiger partial charge is 0.306 e. The average molecular weight is 110 g/mol. The first-order valence-electron chi connectivity index (χ1n) is 1.01. The monoisotopic (exact) mass is 110 g/mol. The fourth-order valence-electron chi connectivity index (χ4n) is 0. The molecule has 0 aromatic rings. The fraction of sp³-hybridized carbons (Fsp3) is 1.00. The highest BCUT2D eigenvalue weighted by molar-refractivity contribution is 7.78. The highest BCUT2D eigenvalue weighted by atomic mass is 32.2. The number of rotatable bonds is 0. The summed E-state index contributed by atoms with van der Waals surface area (Å²) >= 11 is -1.61. The zero-order valence-corrected chi connectivity index (χ0v) is 4.08. The molecule has 0 saturated heterocycles. The third-order valence-electron chi connectivity index (χ3n) is 0. The van der Waals surface area contributed by atoms with Gasteiger partial charge in [-0.1, -0.05) is 0 Å². The van der Waals surface area contributed by atoms with Gasteiger partial charge in [-0.05, 0) is 0 Å². The summed E-state index contributed by atoms with van der Waals surface area (Å²) in [5, 5.41) is 0. The second kappa shape index (κ2) is 8.83. The highest BCUT2D eigenvalue weighted by Gasteiger charge is 1.59. The lowest BCUT2D eigenvalue weighted by Gasteiger charge is -1.60. The quantitative estimate of drug-likeness (QED) is 0.312. The minimum atomic E-state index is -1.61. The Labute approximate surface area is 38.1 Å². The molecule has 1 atom stereocenters. The molecule has 1 unspecified atom stereocenters. The van der Waals surface area contributed by atoms with E-state index in [1.807, 2.05) is 0 Å². The standard InChI is InChI=1S/CH4O2S.H2N2/c1-4(2)3;1-2/h1H3,(H,2,3);1-2H. The van der Waals surface area contributed by atoms with Crippen LogP contribution in [0.5, 0.6) is 0 Å². The maximum Gasteiger partial charge on any atom is 0.149 e. The first kappa shape index (κ1) is 9.20. The first-order valence-corrected chi connectivity index (χ1v) is 2.52. The number of hydrogen-bond acceptors (Lipinski definition) is 3. The van der Waals surface area contributed by atoms with Crippen LogP contribution in [0, 0.1) is 11.1 Å². The molecule has 3 N–H and O–H groups in total. The average Bonchev–Trinajstić information content (AvgIpc) is 1.41. The van der Waals surface area contributed by atoms with Crippen molar-refractivity contribution in [2.24, 2.45) is 0 Å². The Bertz CT molecular complexity index is 42.8. The van der Waals surface area contributed by atoms with Crippen molar-refractivity contribution in [1.82, 2.24) is 0 Å². The topological polar surface area (TPSA) is 85.0 Å². The molecule has 0 bridgehead atoms. The normalized spacial score (nSPS) is 11.0. The van der Waals surface area contributed by atoms with Crippen LogP contribution in [-0.2, 0) is 11.1 Å². The van der Waals surface area contributed by atoms with Gasteiger partial charge in [0, 0.05) is 6.26 Å². The summed E-state index contributed by atoms with van der Waals surface area (Å²) in [7, 11) is 0. The second-order valence-corrected chi connectivity index (χ2v) is 1.27. The molecule has 0 fully saturated rings. The van der Waals surface area contributed by atoms with Gasteiger partial charge in [-0.3, -0.25) is 0 Å². The molecule has 4 nitrogen and oxygen atoms in total. The second-order valence-electron chi connectivity index (χ2n) is 0.424. The molecule has 0 aliphatic heterocycles. The van der Waals surface area contributed by atoms with Crippen LogP contribution in [0.1, 0.15) is 0 Å². The van der Waals surface area contributed by atoms with Crippen molar-refractivity contribution < 1.29 is 8.76 Å². The fourth-order valence-corrected chi connectivity index (χ4v) is 0. The van der Waals surface area contributed by atoms with Crippen LogP contribution in [0.3, 0.4) is 0 Å². The Morgan fingerprint density at radius 3 is 1.67 bits per heavy atom. The third kappa shape index (κ3) is 324. The predicted molar refractivity (Wildman–Crippen MR) is 22.1 cm³/mol. The molecule has 0 saturated carbocycles. The summed E-state index contributed by atoms with van der Waals surface area (Å²) in [6.07, 6.45) is 1.19. The molecule has 5 heteroatoms. The van der Waals surface area contributed by atoms with Gasteiger partial charge in [-0.25, -0.2) is 15.3 Å². The number of hydrogen-bond donors (Lipinski definition) is 3. The smallest absolute Gasteiger partial charge is 0.149 e. The molecule has 0 aromatic carbocycles. The SMILES string of the molecule is CS(=O)O.N=N. The van der Waals surface area contributed by atoms with E-state index in [4.69, 9.17) is 19.8 Å². The van der Waals surface area contributed by atoms with Gasteiger partial charge in [0.15, 0.2) is 0 Å². The van der Waals surface area contributed by atoms with Gasteiger partial charge in [0.1, 0.15) is 11.1 Å². The predicted octanol–water partition coefficient (Wildman–Crippen LogP) is 0.434. The van der Waals surface area contributed by atoms with Gasteiger partial charge < -0.3 is 4.55 Å². The van der Waals surface area contributed by atoms with Gasteiger partial charge >= 0.3 is 0 Å². The zero-order valence-electron chi connectivity index (χ0n) is 3.26. The van der Waals surface area contributed by atoms with E-state index in [2.05, 4.69) is 0 Å². The van der Waals surface area contributed by atoms with E-state index >= 15 is 0 Å². The van der Waals surface area contributed by atoms with Crippen LogP contribution in [0.4, 0.5) is 0 Å². The van der Waals surface area contributed by atoms with Crippen molar-refractivity contribution in [1.29, 1.82) is 11.1 Å². The van der Waals surface area contributed by atoms with Gasteiger partial charge in [0.2, 0.25) is 0 Å². The van der Waals surface area contributed by atoms with Crippen molar-refractivity contribution in [3.8, 4) is 0 Å². The Hall–Kier alpha value is -0.290. The molecule has 0 amide bonds. The third-order valence-corrected chi connectivity index (χ3v) is 0. The van der Waals surface area contributed by atoms with Crippen LogP contribution in [0.25, 0.3) is 0 Å². The lowest BCUT2D eigenvalue weighted by atomic mass is 12.0. The maximum absolute atomic E-state index is 9.11. The number of nitrogens with one attached hydrogen (secondary N) is 2. The van der Waals surface area contributed by atoms with E-state index < -0.39 is 11.1 Å². The summed E-state index contributed by atoms with van der Waals surface area (Å²) in [5.41, 5.74) is 10.0. The van der Waals surface area contributed by atoms with E-state index in [-0.39, 0.29) is 0 Å². The molecule has 6 heavy (non-hydrogen) atoms. The van der Waals surface area contributed by atoms with Crippen LogP contribution in [-0.4, -0.2) is 15.0 Å². The van der Waals surface area contributed by atoms with Crippen LogP contribution in [0.2, 0.25) is 0 Å². The van der Waals surface area contributed by atoms with Crippen molar-refractivity contribution in [2.45, 2.75) is 0 Å². The molecule has 0 aromatic heterocycles. The van der Waals surface area contributed by atoms with Gasteiger partial charge in [0.25, 0.3) is 0 Å². The summed E-state index contributed by atoms with van der Waals surface area (Å²) in [5.74, 6) is 0. The van der Waals surface area contributed by atoms with Crippen LogP contribution in [0.15, 0.2) is 0 Å². The highest BCUT2D eigenvalue weighted by Crippen LogP contribution is 1.45. The lowest BCUT2D eigenvalue weighted by molar-refractivity contribution is 0.571. The molecular weight excluding hydrogens is 104 g/mol.